The van der Waals surface area contributed by atoms with Gasteiger partial charge in [-0.3, -0.25) is 0 Å². The SMILES string of the molecule is CCCn1nncc1C(O)c1csc(C)n1. The highest BCUT2D eigenvalue weighted by molar-refractivity contribution is 7.09. The van der Waals surface area contributed by atoms with Crippen molar-refractivity contribution in [2.75, 3.05) is 0 Å². The van der Waals surface area contributed by atoms with Crippen molar-refractivity contribution in [3.63, 3.8) is 0 Å². The maximum atomic E-state index is 10.1. The molecule has 1 atom stereocenters. The Labute approximate surface area is 97.8 Å². The van der Waals surface area contributed by atoms with Gasteiger partial charge in [-0.2, -0.15) is 0 Å². The molecule has 0 bridgehead atoms. The van der Waals surface area contributed by atoms with E-state index in [-0.39, 0.29) is 0 Å². The van der Waals surface area contributed by atoms with Crippen LogP contribution in [0.2, 0.25) is 0 Å². The van der Waals surface area contributed by atoms with Gasteiger partial charge in [-0.1, -0.05) is 12.1 Å². The zero-order valence-electron chi connectivity index (χ0n) is 9.29. The monoisotopic (exact) mass is 238 g/mol. The topological polar surface area (TPSA) is 63.8 Å². The fourth-order valence-electron chi connectivity index (χ4n) is 1.52. The number of aliphatic hydroxyl groups is 1. The minimum absolute atomic E-state index is 0.669. The number of aryl methyl sites for hydroxylation is 2. The summed E-state index contributed by atoms with van der Waals surface area (Å²) in [7, 11) is 0. The van der Waals surface area contributed by atoms with Crippen LogP contribution in [0.1, 0.15) is 35.8 Å². The summed E-state index contributed by atoms with van der Waals surface area (Å²) in [6.45, 7) is 4.74. The van der Waals surface area contributed by atoms with Gasteiger partial charge in [0.05, 0.1) is 22.6 Å². The minimum atomic E-state index is -0.730. The molecule has 16 heavy (non-hydrogen) atoms. The Morgan fingerprint density at radius 1 is 1.56 bits per heavy atom. The van der Waals surface area contributed by atoms with E-state index >= 15 is 0 Å². The van der Waals surface area contributed by atoms with Crippen LogP contribution >= 0.6 is 11.3 Å². The van der Waals surface area contributed by atoms with Crippen molar-refractivity contribution in [1.82, 2.24) is 20.0 Å². The minimum Gasteiger partial charge on any atom is -0.380 e. The van der Waals surface area contributed by atoms with Gasteiger partial charge in [-0.05, 0) is 13.3 Å². The second-order valence-electron chi connectivity index (χ2n) is 3.58. The predicted octanol–water partition coefficient (Wildman–Crippen LogP) is 1.53. The molecule has 2 rings (SSSR count). The van der Waals surface area contributed by atoms with Crippen molar-refractivity contribution in [3.05, 3.63) is 28.0 Å². The molecular formula is C10H14N4OS. The molecule has 0 radical (unpaired) electrons. The third-order valence-corrected chi connectivity index (χ3v) is 3.07. The Morgan fingerprint density at radius 2 is 2.38 bits per heavy atom. The number of aliphatic hydroxyl groups excluding tert-OH is 1. The Kier molecular flexibility index (Phi) is 3.31. The van der Waals surface area contributed by atoms with Crippen molar-refractivity contribution in [1.29, 1.82) is 0 Å². The molecule has 0 saturated carbocycles. The van der Waals surface area contributed by atoms with Gasteiger partial charge in [-0.25, -0.2) is 9.67 Å². The molecule has 0 aliphatic heterocycles. The van der Waals surface area contributed by atoms with Crippen LogP contribution in [0.4, 0.5) is 0 Å². The predicted molar refractivity (Wildman–Crippen MR) is 61.2 cm³/mol. The Morgan fingerprint density at radius 3 is 3.00 bits per heavy atom. The van der Waals surface area contributed by atoms with Crippen LogP contribution in [-0.4, -0.2) is 25.1 Å². The van der Waals surface area contributed by atoms with E-state index in [0.717, 1.165) is 18.0 Å². The molecule has 2 aromatic heterocycles. The summed E-state index contributed by atoms with van der Waals surface area (Å²) in [5, 5.41) is 20.7. The first-order valence-corrected chi connectivity index (χ1v) is 6.08. The van der Waals surface area contributed by atoms with E-state index in [0.29, 0.717) is 11.4 Å². The van der Waals surface area contributed by atoms with Gasteiger partial charge in [-0.15, -0.1) is 16.4 Å². The van der Waals surface area contributed by atoms with Crippen LogP contribution in [0.3, 0.4) is 0 Å². The third-order valence-electron chi connectivity index (χ3n) is 2.28. The van der Waals surface area contributed by atoms with E-state index < -0.39 is 6.10 Å². The Balaban J connectivity index is 2.26. The number of thiazole rings is 1. The normalized spacial score (nSPS) is 12.9. The number of hydrogen-bond donors (Lipinski definition) is 1. The molecule has 0 saturated heterocycles. The fourth-order valence-corrected chi connectivity index (χ4v) is 2.15. The van der Waals surface area contributed by atoms with Crippen molar-refractivity contribution in [2.45, 2.75) is 32.9 Å². The van der Waals surface area contributed by atoms with Crippen LogP contribution in [0.15, 0.2) is 11.6 Å². The van der Waals surface area contributed by atoms with Crippen LogP contribution in [-0.2, 0) is 6.54 Å². The van der Waals surface area contributed by atoms with Crippen molar-refractivity contribution in [3.8, 4) is 0 Å². The highest BCUT2D eigenvalue weighted by Crippen LogP contribution is 2.22. The molecular weight excluding hydrogens is 224 g/mol. The Bertz CT molecular complexity index is 465. The molecule has 2 aromatic rings. The zero-order valence-corrected chi connectivity index (χ0v) is 10.1. The molecule has 6 heteroatoms. The van der Waals surface area contributed by atoms with Crippen LogP contribution in [0.25, 0.3) is 0 Å². The maximum absolute atomic E-state index is 10.1. The smallest absolute Gasteiger partial charge is 0.140 e. The van der Waals surface area contributed by atoms with E-state index in [1.165, 1.54) is 11.3 Å². The second-order valence-corrected chi connectivity index (χ2v) is 4.64. The van der Waals surface area contributed by atoms with Crippen molar-refractivity contribution >= 4 is 11.3 Å². The molecule has 0 aliphatic rings. The first-order valence-electron chi connectivity index (χ1n) is 5.21. The quantitative estimate of drug-likeness (QED) is 0.877. The number of hydrogen-bond acceptors (Lipinski definition) is 5. The lowest BCUT2D eigenvalue weighted by atomic mass is 10.2. The van der Waals surface area contributed by atoms with E-state index in [4.69, 9.17) is 0 Å². The number of aromatic nitrogens is 4. The Hall–Kier alpha value is -1.27. The molecule has 0 aromatic carbocycles. The lowest BCUT2D eigenvalue weighted by Crippen LogP contribution is -2.10. The van der Waals surface area contributed by atoms with Gasteiger partial charge in [0.15, 0.2) is 0 Å². The second kappa shape index (κ2) is 4.71. The van der Waals surface area contributed by atoms with E-state index in [1.54, 1.807) is 10.9 Å². The first-order chi connectivity index (χ1) is 7.72. The summed E-state index contributed by atoms with van der Waals surface area (Å²) in [4.78, 5) is 4.27. The number of nitrogens with zero attached hydrogens (tertiary/aromatic N) is 4. The fraction of sp³-hybridized carbons (Fsp3) is 0.500. The molecule has 1 N–H and O–H groups in total. The largest absolute Gasteiger partial charge is 0.380 e. The summed E-state index contributed by atoms with van der Waals surface area (Å²) in [5.41, 5.74) is 1.37. The third kappa shape index (κ3) is 2.12. The molecule has 5 nitrogen and oxygen atoms in total. The average Bonchev–Trinajstić information content (AvgIpc) is 2.87. The average molecular weight is 238 g/mol. The number of rotatable bonds is 4. The summed E-state index contributed by atoms with van der Waals surface area (Å²) < 4.78 is 1.72. The molecule has 1 unspecified atom stereocenters. The molecule has 0 spiro atoms. The van der Waals surface area contributed by atoms with Gasteiger partial charge in [0.25, 0.3) is 0 Å². The molecule has 2 heterocycles. The van der Waals surface area contributed by atoms with Gasteiger partial charge in [0.2, 0.25) is 0 Å². The lowest BCUT2D eigenvalue weighted by molar-refractivity contribution is 0.203. The van der Waals surface area contributed by atoms with Crippen LogP contribution < -0.4 is 0 Å². The zero-order chi connectivity index (χ0) is 11.5. The van der Waals surface area contributed by atoms with Crippen molar-refractivity contribution < 1.29 is 5.11 Å². The van der Waals surface area contributed by atoms with E-state index in [1.807, 2.05) is 12.3 Å². The maximum Gasteiger partial charge on any atom is 0.140 e. The van der Waals surface area contributed by atoms with Crippen LogP contribution in [0.5, 0.6) is 0 Å². The van der Waals surface area contributed by atoms with E-state index in [9.17, 15) is 5.11 Å². The summed E-state index contributed by atoms with van der Waals surface area (Å²) >= 11 is 1.53. The van der Waals surface area contributed by atoms with Gasteiger partial charge >= 0.3 is 0 Å². The summed E-state index contributed by atoms with van der Waals surface area (Å²) in [5.74, 6) is 0. The molecule has 86 valence electrons. The van der Waals surface area contributed by atoms with Crippen molar-refractivity contribution in [2.24, 2.45) is 0 Å². The highest BCUT2D eigenvalue weighted by atomic mass is 32.1. The summed E-state index contributed by atoms with van der Waals surface area (Å²) in [6.07, 6.45) is 1.82. The summed E-state index contributed by atoms with van der Waals surface area (Å²) in [6, 6.07) is 0. The molecule has 0 fully saturated rings. The van der Waals surface area contributed by atoms with Crippen LogP contribution in [0, 0.1) is 6.92 Å². The van der Waals surface area contributed by atoms with Gasteiger partial charge in [0, 0.05) is 11.9 Å². The van der Waals surface area contributed by atoms with Gasteiger partial charge < -0.3 is 5.11 Å². The highest BCUT2D eigenvalue weighted by Gasteiger charge is 2.18. The molecule has 0 aliphatic carbocycles. The standard InChI is InChI=1S/C10H14N4OS/c1-3-4-14-9(5-11-13-14)10(15)8-6-16-7(2)12-8/h5-6,10,15H,3-4H2,1-2H3. The lowest BCUT2D eigenvalue weighted by Gasteiger charge is -2.09. The van der Waals surface area contributed by atoms with E-state index in [2.05, 4.69) is 22.2 Å². The first kappa shape index (κ1) is 11.2. The van der Waals surface area contributed by atoms with Gasteiger partial charge in [0.1, 0.15) is 6.10 Å². The molecule has 0 amide bonds.